The van der Waals surface area contributed by atoms with E-state index < -0.39 is 11.7 Å². The van der Waals surface area contributed by atoms with Crippen LogP contribution in [0.4, 0.5) is 18.9 Å². The molecule has 1 N–H and O–H groups in total. The minimum atomic E-state index is -4.32. The van der Waals surface area contributed by atoms with E-state index in [2.05, 4.69) is 21.2 Å². The van der Waals surface area contributed by atoms with E-state index in [1.54, 1.807) is 6.07 Å². The Balaban J connectivity index is 2.79. The summed E-state index contributed by atoms with van der Waals surface area (Å²) in [6, 6.07) is 5.08. The molecule has 0 saturated carbocycles. The number of halogens is 5. The minimum absolute atomic E-state index is 0.103. The Hall–Kier alpha value is -0.420. The van der Waals surface area contributed by atoms with Gasteiger partial charge in [-0.15, -0.1) is 11.6 Å². The molecular formula is C11H12BrClF3N. The fourth-order valence-electron chi connectivity index (χ4n) is 1.16. The molecule has 0 aliphatic carbocycles. The summed E-state index contributed by atoms with van der Waals surface area (Å²) in [5.41, 5.74) is -0.251. The number of anilines is 1. The third-order valence-electron chi connectivity index (χ3n) is 2.24. The number of hydrogen-bond donors (Lipinski definition) is 1. The molecule has 1 aromatic carbocycles. The largest absolute Gasteiger partial charge is 0.416 e. The number of nitrogens with one attached hydrogen (secondary N) is 1. The molecule has 1 aromatic rings. The Morgan fingerprint density at radius 1 is 1.41 bits per heavy atom. The van der Waals surface area contributed by atoms with Crippen LogP contribution in [-0.2, 0) is 6.18 Å². The molecule has 0 amide bonds. The van der Waals surface area contributed by atoms with E-state index >= 15 is 0 Å². The highest BCUT2D eigenvalue weighted by molar-refractivity contribution is 9.09. The van der Waals surface area contributed by atoms with Gasteiger partial charge in [0.2, 0.25) is 0 Å². The molecule has 0 spiro atoms. The zero-order valence-electron chi connectivity index (χ0n) is 9.06. The summed E-state index contributed by atoms with van der Waals surface area (Å²) in [5.74, 6) is 0.522. The summed E-state index contributed by atoms with van der Waals surface area (Å²) in [4.78, 5) is -0.163. The van der Waals surface area contributed by atoms with Gasteiger partial charge in [-0.3, -0.25) is 0 Å². The van der Waals surface area contributed by atoms with Crippen LogP contribution in [-0.4, -0.2) is 10.8 Å². The molecule has 0 bridgehead atoms. The van der Waals surface area contributed by atoms with E-state index in [0.717, 1.165) is 12.1 Å². The maximum absolute atomic E-state index is 12.5. The lowest BCUT2D eigenvalue weighted by Crippen LogP contribution is -2.22. The van der Waals surface area contributed by atoms with E-state index in [4.69, 9.17) is 11.6 Å². The van der Waals surface area contributed by atoms with Gasteiger partial charge in [-0.2, -0.15) is 13.2 Å². The van der Waals surface area contributed by atoms with Crippen LogP contribution in [0.2, 0.25) is 0 Å². The highest BCUT2D eigenvalue weighted by Crippen LogP contribution is 2.31. The van der Waals surface area contributed by atoms with Crippen LogP contribution in [0.5, 0.6) is 0 Å². The molecule has 0 heterocycles. The smallest absolute Gasteiger partial charge is 0.372 e. The predicted molar refractivity (Wildman–Crippen MR) is 67.7 cm³/mol. The van der Waals surface area contributed by atoms with Crippen molar-refractivity contribution < 1.29 is 13.2 Å². The number of rotatable bonds is 4. The highest BCUT2D eigenvalue weighted by Gasteiger charge is 2.30. The Morgan fingerprint density at radius 3 is 2.59 bits per heavy atom. The van der Waals surface area contributed by atoms with E-state index in [1.807, 2.05) is 6.92 Å². The van der Waals surface area contributed by atoms with Crippen molar-refractivity contribution in [1.29, 1.82) is 0 Å². The standard InChI is InChI=1S/C11H12BrClF3N/c1-7(6-13)10(12)17-9-4-2-3-8(5-9)11(14,15)16/h2-5,7,10,17H,6H2,1H3. The van der Waals surface area contributed by atoms with Gasteiger partial charge in [0.25, 0.3) is 0 Å². The molecule has 2 unspecified atom stereocenters. The molecule has 1 nitrogen and oxygen atoms in total. The van der Waals surface area contributed by atoms with Crippen LogP contribution in [0.1, 0.15) is 12.5 Å². The SMILES string of the molecule is CC(CCl)C(Br)Nc1cccc(C(F)(F)F)c1. The summed E-state index contributed by atoms with van der Waals surface area (Å²) in [6.07, 6.45) is -4.32. The first-order chi connectivity index (χ1) is 7.84. The molecule has 96 valence electrons. The van der Waals surface area contributed by atoms with Gasteiger partial charge in [-0.1, -0.05) is 28.9 Å². The predicted octanol–water partition coefficient (Wildman–Crippen LogP) is 4.71. The van der Waals surface area contributed by atoms with Crippen LogP contribution in [0.3, 0.4) is 0 Å². The average molecular weight is 331 g/mol. The highest BCUT2D eigenvalue weighted by atomic mass is 79.9. The van der Waals surface area contributed by atoms with Gasteiger partial charge in [0.15, 0.2) is 0 Å². The summed E-state index contributed by atoms with van der Waals surface area (Å²) in [5, 5.41) is 2.94. The van der Waals surface area contributed by atoms with Gasteiger partial charge in [0.05, 0.1) is 10.5 Å². The monoisotopic (exact) mass is 329 g/mol. The first kappa shape index (κ1) is 14.6. The van der Waals surface area contributed by atoms with Gasteiger partial charge in [0, 0.05) is 11.6 Å². The van der Waals surface area contributed by atoms with Crippen LogP contribution in [0, 0.1) is 5.92 Å². The van der Waals surface area contributed by atoms with Crippen LogP contribution in [0.25, 0.3) is 0 Å². The van der Waals surface area contributed by atoms with Gasteiger partial charge in [-0.25, -0.2) is 0 Å². The quantitative estimate of drug-likeness (QED) is 0.622. The van der Waals surface area contributed by atoms with E-state index in [0.29, 0.717) is 11.6 Å². The Labute approximate surface area is 111 Å². The Bertz CT molecular complexity index is 370. The van der Waals surface area contributed by atoms with Gasteiger partial charge in [-0.05, 0) is 24.1 Å². The molecule has 1 rings (SSSR count). The molecule has 17 heavy (non-hydrogen) atoms. The van der Waals surface area contributed by atoms with Crippen LogP contribution >= 0.6 is 27.5 Å². The number of hydrogen-bond acceptors (Lipinski definition) is 1. The van der Waals surface area contributed by atoms with E-state index in [-0.39, 0.29) is 10.9 Å². The minimum Gasteiger partial charge on any atom is -0.372 e. The van der Waals surface area contributed by atoms with Crippen LogP contribution in [0.15, 0.2) is 24.3 Å². The van der Waals surface area contributed by atoms with Crippen molar-refractivity contribution in [1.82, 2.24) is 0 Å². The first-order valence-corrected chi connectivity index (χ1v) is 6.43. The lowest BCUT2D eigenvalue weighted by molar-refractivity contribution is -0.137. The molecule has 0 saturated heterocycles. The zero-order chi connectivity index (χ0) is 13.1. The third kappa shape index (κ3) is 4.39. The van der Waals surface area contributed by atoms with Crippen molar-refractivity contribution >= 4 is 33.2 Å². The fraction of sp³-hybridized carbons (Fsp3) is 0.455. The lowest BCUT2D eigenvalue weighted by atomic mass is 10.1. The number of benzene rings is 1. The Morgan fingerprint density at radius 2 is 2.06 bits per heavy atom. The maximum Gasteiger partial charge on any atom is 0.416 e. The van der Waals surface area contributed by atoms with Gasteiger partial charge >= 0.3 is 6.18 Å². The molecule has 0 aliphatic heterocycles. The molecule has 0 aromatic heterocycles. The Kier molecular flexibility index (Phi) is 5.13. The second-order valence-corrected chi connectivity index (χ2v) is 5.05. The molecule has 6 heteroatoms. The molecule has 2 atom stereocenters. The van der Waals surface area contributed by atoms with Crippen molar-refractivity contribution in [2.24, 2.45) is 5.92 Å². The third-order valence-corrected chi connectivity index (χ3v) is 3.86. The van der Waals surface area contributed by atoms with Crippen LogP contribution < -0.4 is 5.32 Å². The summed E-state index contributed by atoms with van der Waals surface area (Å²) in [6.45, 7) is 1.90. The lowest BCUT2D eigenvalue weighted by Gasteiger charge is -2.19. The van der Waals surface area contributed by atoms with Crippen molar-refractivity contribution in [2.45, 2.75) is 18.1 Å². The van der Waals surface area contributed by atoms with E-state index in [1.165, 1.54) is 6.07 Å². The molecule has 0 fully saturated rings. The fourth-order valence-corrected chi connectivity index (χ4v) is 2.01. The van der Waals surface area contributed by atoms with Crippen molar-refractivity contribution in [2.75, 3.05) is 11.2 Å². The summed E-state index contributed by atoms with van der Waals surface area (Å²) in [7, 11) is 0. The second-order valence-electron chi connectivity index (χ2n) is 3.76. The molecule has 0 radical (unpaired) electrons. The summed E-state index contributed by atoms with van der Waals surface area (Å²) >= 11 is 9.01. The molecule has 0 aliphatic rings. The van der Waals surface area contributed by atoms with Gasteiger partial charge < -0.3 is 5.32 Å². The zero-order valence-corrected chi connectivity index (χ0v) is 11.4. The van der Waals surface area contributed by atoms with Gasteiger partial charge in [0.1, 0.15) is 0 Å². The normalized spacial score (nSPS) is 15.4. The van der Waals surface area contributed by atoms with E-state index in [9.17, 15) is 13.2 Å². The molecular weight excluding hydrogens is 318 g/mol. The number of alkyl halides is 5. The second kappa shape index (κ2) is 5.96. The summed E-state index contributed by atoms with van der Waals surface area (Å²) < 4.78 is 37.4. The average Bonchev–Trinajstić information content (AvgIpc) is 2.27. The van der Waals surface area contributed by atoms with Crippen molar-refractivity contribution in [3.63, 3.8) is 0 Å². The topological polar surface area (TPSA) is 12.0 Å². The maximum atomic E-state index is 12.5. The van der Waals surface area contributed by atoms with Crippen molar-refractivity contribution in [3.05, 3.63) is 29.8 Å². The van der Waals surface area contributed by atoms with Crippen molar-refractivity contribution in [3.8, 4) is 0 Å². The first-order valence-electron chi connectivity index (χ1n) is 4.98.